The highest BCUT2D eigenvalue weighted by Gasteiger charge is 2.35. The van der Waals surface area contributed by atoms with Crippen molar-refractivity contribution in [1.29, 1.82) is 0 Å². The fourth-order valence-corrected chi connectivity index (χ4v) is 8.24. The van der Waals surface area contributed by atoms with Crippen molar-refractivity contribution in [1.82, 2.24) is 0 Å². The fraction of sp³-hybridized carbons (Fsp3) is 0.186. The lowest BCUT2D eigenvalue weighted by Crippen LogP contribution is -2.30. The van der Waals surface area contributed by atoms with Gasteiger partial charge in [0, 0.05) is 34.4 Å². The maximum absolute atomic E-state index is 3.86. The molecule has 6 aromatic carbocycles. The summed E-state index contributed by atoms with van der Waals surface area (Å²) in [5.74, 6) is 0. The Labute approximate surface area is 366 Å². The number of benzene rings is 6. The van der Waals surface area contributed by atoms with E-state index in [1.54, 1.807) is 6.08 Å². The third kappa shape index (κ3) is 11.8. The summed E-state index contributed by atoms with van der Waals surface area (Å²) in [5, 5.41) is 3.57. The van der Waals surface area contributed by atoms with E-state index >= 15 is 0 Å². The van der Waals surface area contributed by atoms with Crippen molar-refractivity contribution in [3.8, 4) is 22.3 Å². The van der Waals surface area contributed by atoms with Crippen LogP contribution in [0, 0.1) is 13.8 Å². The molecule has 1 fully saturated rings. The van der Waals surface area contributed by atoms with Gasteiger partial charge in [0.15, 0.2) is 0 Å². The monoisotopic (exact) mass is 798 g/mol. The molecule has 61 heavy (non-hydrogen) atoms. The summed E-state index contributed by atoms with van der Waals surface area (Å²) in [4.78, 5) is 2.26. The molecule has 0 saturated heterocycles. The second kappa shape index (κ2) is 21.6. The van der Waals surface area contributed by atoms with Crippen LogP contribution >= 0.6 is 0 Å². The van der Waals surface area contributed by atoms with Gasteiger partial charge in [0.25, 0.3) is 0 Å². The van der Waals surface area contributed by atoms with Gasteiger partial charge < -0.3 is 10.2 Å². The minimum Gasteiger partial charge on any atom is -0.356 e. The van der Waals surface area contributed by atoms with Crippen LogP contribution < -0.4 is 10.2 Å². The summed E-state index contributed by atoms with van der Waals surface area (Å²) in [6.07, 6.45) is 22.1. The van der Waals surface area contributed by atoms with Crippen molar-refractivity contribution in [2.75, 3.05) is 10.2 Å². The van der Waals surface area contributed by atoms with E-state index in [9.17, 15) is 0 Å². The van der Waals surface area contributed by atoms with Crippen molar-refractivity contribution in [3.63, 3.8) is 0 Å². The normalized spacial score (nSPS) is 14.0. The highest BCUT2D eigenvalue weighted by Crippen LogP contribution is 2.46. The summed E-state index contributed by atoms with van der Waals surface area (Å²) in [6.45, 7) is 17.8. The second-order valence-corrected chi connectivity index (χ2v) is 16.2. The van der Waals surface area contributed by atoms with E-state index in [4.69, 9.17) is 0 Å². The van der Waals surface area contributed by atoms with Crippen LogP contribution in [0.1, 0.15) is 75.1 Å². The number of allylic oxidation sites excluding steroid dienone is 9. The van der Waals surface area contributed by atoms with Gasteiger partial charge in [-0.25, -0.2) is 0 Å². The number of hydrogen-bond donors (Lipinski definition) is 1. The molecular weight excluding hydrogens is 737 g/mol. The van der Waals surface area contributed by atoms with E-state index in [2.05, 4.69) is 202 Å². The molecule has 0 bridgehead atoms. The topological polar surface area (TPSA) is 15.3 Å². The predicted molar refractivity (Wildman–Crippen MR) is 267 cm³/mol. The Balaban J connectivity index is 0.000000708. The molecule has 0 amide bonds. The molecule has 0 radical (unpaired) electrons. The zero-order chi connectivity index (χ0) is 43.0. The van der Waals surface area contributed by atoms with Crippen molar-refractivity contribution in [3.05, 3.63) is 241 Å². The number of hydrogen-bond acceptors (Lipinski definition) is 2. The molecule has 0 aromatic heterocycles. The molecular formula is C59H62N2. The quantitative estimate of drug-likeness (QED) is 0.117. The van der Waals surface area contributed by atoms with Gasteiger partial charge in [-0.1, -0.05) is 183 Å². The minimum absolute atomic E-state index is 0.0237. The van der Waals surface area contributed by atoms with Gasteiger partial charge in [0.1, 0.15) is 0 Å². The van der Waals surface area contributed by atoms with Crippen LogP contribution in [-0.2, 0) is 5.41 Å². The minimum atomic E-state index is 0.0237. The fourth-order valence-electron chi connectivity index (χ4n) is 8.24. The lowest BCUT2D eigenvalue weighted by molar-refractivity contribution is 0.346. The zero-order valence-corrected chi connectivity index (χ0v) is 36.9. The highest BCUT2D eigenvalue weighted by molar-refractivity contribution is 5.75. The van der Waals surface area contributed by atoms with E-state index < -0.39 is 0 Å². The molecule has 2 nitrogen and oxygen atoms in total. The van der Waals surface area contributed by atoms with Gasteiger partial charge >= 0.3 is 0 Å². The van der Waals surface area contributed by atoms with Gasteiger partial charge in [-0.2, -0.15) is 0 Å². The van der Waals surface area contributed by atoms with Gasteiger partial charge in [-0.15, -0.1) is 0 Å². The van der Waals surface area contributed by atoms with E-state index in [0.717, 1.165) is 28.3 Å². The maximum Gasteiger partial charge on any atom is 0.0461 e. The van der Waals surface area contributed by atoms with Crippen LogP contribution in [0.3, 0.4) is 0 Å². The first-order valence-electron chi connectivity index (χ1n) is 21.7. The molecule has 0 unspecified atom stereocenters. The molecule has 2 heteroatoms. The highest BCUT2D eigenvalue weighted by atomic mass is 15.1. The summed E-state index contributed by atoms with van der Waals surface area (Å²) in [6, 6.07) is 53.7. The first kappa shape index (κ1) is 43.9. The molecule has 308 valence electrons. The summed E-state index contributed by atoms with van der Waals surface area (Å²) < 4.78 is 0. The summed E-state index contributed by atoms with van der Waals surface area (Å²) >= 11 is 0. The molecule has 0 heterocycles. The van der Waals surface area contributed by atoms with Gasteiger partial charge in [0.05, 0.1) is 0 Å². The van der Waals surface area contributed by atoms with Gasteiger partial charge in [-0.05, 0) is 141 Å². The van der Waals surface area contributed by atoms with Crippen LogP contribution in [0.5, 0.6) is 0 Å². The SMILES string of the molecule is C=C/C=C(C)\C=C/C.C=C/C=C(C)\C=C/N(c1ccc(C)cc1)c1cccc(-c2ccc(C3(c4ccc(-c5cccc(Nc6ccc(C)cc6)c5)cc4)CCCCC3)cc2)c1. The van der Waals surface area contributed by atoms with Crippen LogP contribution in [0.4, 0.5) is 22.7 Å². The average molecular weight is 799 g/mol. The molecule has 1 aliphatic carbocycles. The third-order valence-electron chi connectivity index (χ3n) is 11.6. The predicted octanol–water partition coefficient (Wildman–Crippen LogP) is 17.1. The Hall–Kier alpha value is -6.64. The first-order valence-corrected chi connectivity index (χ1v) is 21.7. The first-order chi connectivity index (χ1) is 29.7. The van der Waals surface area contributed by atoms with Crippen LogP contribution in [0.25, 0.3) is 22.3 Å². The smallest absolute Gasteiger partial charge is 0.0461 e. The van der Waals surface area contributed by atoms with E-state index in [1.165, 1.54) is 82.2 Å². The lowest BCUT2D eigenvalue weighted by Gasteiger charge is -2.39. The van der Waals surface area contributed by atoms with Crippen molar-refractivity contribution >= 4 is 22.7 Å². The standard InChI is InChI=1S/C51H50N2.C8H12/c1-5-11-38(2)32-35-53(49-30-18-40(4)19-31-49)50-15-10-13-44(37-50)42-22-26-46(27-23-42)51(33-7-6-8-34-51)45-24-20-41(21-25-45)43-12-9-14-48(36-43)52-47-28-16-39(3)17-29-47;1-4-6-8(3)7-5-2/h5,9-32,35-37,52H,1,6-8,33-34H2,2-4H3;4-7H,1H2,2-3H3/b35-32-,38-11-;7-5-,8-6-. The Morgan fingerprint density at radius 2 is 1.07 bits per heavy atom. The molecule has 0 atom stereocenters. The lowest BCUT2D eigenvalue weighted by atomic mass is 9.65. The summed E-state index contributed by atoms with van der Waals surface area (Å²) in [5.41, 5.74) is 17.1. The zero-order valence-electron chi connectivity index (χ0n) is 36.9. The van der Waals surface area contributed by atoms with E-state index in [0.29, 0.717) is 0 Å². The molecule has 1 saturated carbocycles. The number of rotatable bonds is 13. The second-order valence-electron chi connectivity index (χ2n) is 16.2. The number of aryl methyl sites for hydroxylation is 2. The van der Waals surface area contributed by atoms with Crippen molar-refractivity contribution in [2.24, 2.45) is 0 Å². The Kier molecular flexibility index (Phi) is 15.5. The van der Waals surface area contributed by atoms with Crippen LogP contribution in [0.2, 0.25) is 0 Å². The molecule has 1 N–H and O–H groups in total. The Morgan fingerprint density at radius 1 is 0.541 bits per heavy atom. The number of anilines is 4. The maximum atomic E-state index is 3.86. The van der Waals surface area contributed by atoms with E-state index in [1.807, 2.05) is 44.2 Å². The van der Waals surface area contributed by atoms with Crippen molar-refractivity contribution < 1.29 is 0 Å². The third-order valence-corrected chi connectivity index (χ3v) is 11.6. The molecule has 1 aliphatic rings. The molecule has 6 aromatic rings. The largest absolute Gasteiger partial charge is 0.356 e. The van der Waals surface area contributed by atoms with Gasteiger partial charge in [0.2, 0.25) is 0 Å². The number of nitrogens with zero attached hydrogens (tertiary/aromatic N) is 1. The average Bonchev–Trinajstić information content (AvgIpc) is 3.29. The number of nitrogens with one attached hydrogen (secondary N) is 1. The van der Waals surface area contributed by atoms with Crippen LogP contribution in [-0.4, -0.2) is 0 Å². The van der Waals surface area contributed by atoms with E-state index in [-0.39, 0.29) is 5.41 Å². The molecule has 7 rings (SSSR count). The Morgan fingerprint density at radius 3 is 1.62 bits per heavy atom. The van der Waals surface area contributed by atoms with Gasteiger partial charge in [-0.3, -0.25) is 0 Å². The van der Waals surface area contributed by atoms with Crippen LogP contribution in [0.15, 0.2) is 219 Å². The molecule has 0 spiro atoms. The Bertz CT molecular complexity index is 2470. The van der Waals surface area contributed by atoms with Crippen molar-refractivity contribution in [2.45, 2.75) is 72.1 Å². The molecule has 0 aliphatic heterocycles. The summed E-state index contributed by atoms with van der Waals surface area (Å²) in [7, 11) is 0.